The van der Waals surface area contributed by atoms with Crippen molar-refractivity contribution >= 4 is 28.9 Å². The second-order valence-electron chi connectivity index (χ2n) is 7.83. The Bertz CT molecular complexity index is 857. The number of anilines is 1. The van der Waals surface area contributed by atoms with Crippen LogP contribution < -0.4 is 10.6 Å². The number of benzene rings is 2. The molecule has 0 radical (unpaired) electrons. The molecule has 29 heavy (non-hydrogen) atoms. The Balaban J connectivity index is 1.59. The van der Waals surface area contributed by atoms with E-state index in [1.165, 1.54) is 23.1 Å². The molecule has 1 atom stereocenters. The first-order valence-electron chi connectivity index (χ1n) is 10.5. The molecule has 2 N–H and O–H groups in total. The minimum atomic E-state index is 0.123. The first kappa shape index (κ1) is 21.3. The van der Waals surface area contributed by atoms with E-state index >= 15 is 0 Å². The normalized spacial score (nSPS) is 14.9. The highest BCUT2D eigenvalue weighted by Gasteiger charge is 2.18. The number of carbonyl (C=O) groups excluding carboxylic acids is 1. The fourth-order valence-corrected chi connectivity index (χ4v) is 3.96. The van der Waals surface area contributed by atoms with Crippen LogP contribution in [0.1, 0.15) is 65.7 Å². The molecule has 1 heterocycles. The van der Waals surface area contributed by atoms with Crippen LogP contribution in [0.3, 0.4) is 0 Å². The summed E-state index contributed by atoms with van der Waals surface area (Å²) < 4.78 is 0. The van der Waals surface area contributed by atoms with Crippen molar-refractivity contribution in [2.75, 3.05) is 18.4 Å². The van der Waals surface area contributed by atoms with E-state index in [1.807, 2.05) is 29.2 Å². The van der Waals surface area contributed by atoms with Crippen molar-refractivity contribution in [1.29, 1.82) is 0 Å². The number of likely N-dealkylation sites (tertiary alicyclic amines) is 1. The van der Waals surface area contributed by atoms with E-state index in [-0.39, 0.29) is 11.9 Å². The lowest BCUT2D eigenvalue weighted by molar-refractivity contribution is 0.0724. The third-order valence-electron chi connectivity index (χ3n) is 5.68. The average molecular weight is 410 g/mol. The minimum absolute atomic E-state index is 0.123. The Kier molecular flexibility index (Phi) is 7.26. The number of hydrogen-bond donors (Lipinski definition) is 2. The molecular formula is C24H31N3OS. The molecule has 0 bridgehead atoms. The molecule has 2 aromatic carbocycles. The van der Waals surface area contributed by atoms with E-state index in [0.717, 1.165) is 43.6 Å². The van der Waals surface area contributed by atoms with Gasteiger partial charge in [0.2, 0.25) is 0 Å². The van der Waals surface area contributed by atoms with E-state index in [2.05, 4.69) is 49.6 Å². The maximum atomic E-state index is 12.6. The summed E-state index contributed by atoms with van der Waals surface area (Å²) in [7, 11) is 0. The molecule has 0 saturated carbocycles. The predicted octanol–water partition coefficient (Wildman–Crippen LogP) is 5.37. The highest BCUT2D eigenvalue weighted by molar-refractivity contribution is 7.80. The maximum Gasteiger partial charge on any atom is 0.253 e. The van der Waals surface area contributed by atoms with E-state index in [4.69, 9.17) is 12.2 Å². The Morgan fingerprint density at radius 3 is 2.34 bits per heavy atom. The molecule has 5 heteroatoms. The van der Waals surface area contributed by atoms with Gasteiger partial charge in [0.15, 0.2) is 5.11 Å². The van der Waals surface area contributed by atoms with Crippen LogP contribution in [0, 0.1) is 13.8 Å². The first-order chi connectivity index (χ1) is 14.0. The van der Waals surface area contributed by atoms with Crippen molar-refractivity contribution < 1.29 is 4.79 Å². The van der Waals surface area contributed by atoms with Crippen LogP contribution in [0.25, 0.3) is 0 Å². The Morgan fingerprint density at radius 2 is 1.72 bits per heavy atom. The molecular weight excluding hydrogens is 378 g/mol. The third kappa shape index (κ3) is 5.57. The summed E-state index contributed by atoms with van der Waals surface area (Å²) in [6, 6.07) is 14.3. The number of hydrogen-bond acceptors (Lipinski definition) is 2. The molecule has 1 aliphatic rings. The fraction of sp³-hybridized carbons (Fsp3) is 0.417. The van der Waals surface area contributed by atoms with Crippen molar-refractivity contribution in [3.8, 4) is 0 Å². The molecule has 1 fully saturated rings. The topological polar surface area (TPSA) is 44.4 Å². The summed E-state index contributed by atoms with van der Waals surface area (Å²) in [4.78, 5) is 14.5. The summed E-state index contributed by atoms with van der Waals surface area (Å²) in [6.45, 7) is 8.14. The van der Waals surface area contributed by atoms with Crippen LogP contribution >= 0.6 is 12.2 Å². The van der Waals surface area contributed by atoms with Gasteiger partial charge in [-0.05, 0) is 92.7 Å². The number of rotatable bonds is 5. The van der Waals surface area contributed by atoms with Gasteiger partial charge in [0.1, 0.15) is 0 Å². The van der Waals surface area contributed by atoms with Gasteiger partial charge in [0.05, 0.1) is 6.04 Å². The number of carbonyl (C=O) groups is 1. The van der Waals surface area contributed by atoms with Gasteiger partial charge >= 0.3 is 0 Å². The fourth-order valence-electron chi connectivity index (χ4n) is 3.70. The first-order valence-corrected chi connectivity index (χ1v) is 10.9. The van der Waals surface area contributed by atoms with E-state index in [9.17, 15) is 4.79 Å². The van der Waals surface area contributed by atoms with Crippen LogP contribution in [0.15, 0.2) is 42.5 Å². The monoisotopic (exact) mass is 409 g/mol. The van der Waals surface area contributed by atoms with Gasteiger partial charge in [-0.2, -0.15) is 0 Å². The van der Waals surface area contributed by atoms with E-state index in [1.54, 1.807) is 0 Å². The lowest BCUT2D eigenvalue weighted by atomic mass is 9.99. The Morgan fingerprint density at radius 1 is 1.03 bits per heavy atom. The molecule has 0 aliphatic carbocycles. The van der Waals surface area contributed by atoms with Gasteiger partial charge in [0.25, 0.3) is 5.91 Å². The zero-order chi connectivity index (χ0) is 20.8. The SMILES string of the molecule is CC[C@@H](NC(=S)Nc1ccc(C(=O)N2CCCCC2)cc1)c1ccc(C)c(C)c1. The molecule has 0 unspecified atom stereocenters. The van der Waals surface area contributed by atoms with Gasteiger partial charge in [-0.3, -0.25) is 4.79 Å². The molecule has 1 amide bonds. The van der Waals surface area contributed by atoms with Crippen molar-refractivity contribution in [1.82, 2.24) is 10.2 Å². The van der Waals surface area contributed by atoms with Gasteiger partial charge in [-0.1, -0.05) is 25.1 Å². The largest absolute Gasteiger partial charge is 0.356 e. The standard InChI is InChI=1S/C24H31N3OS/c1-4-22(20-9-8-17(2)18(3)16-20)26-24(29)25-21-12-10-19(11-13-21)23(28)27-14-6-5-7-15-27/h8-13,16,22H,4-7,14-15H2,1-3H3,(H2,25,26,29)/t22-/m1/s1. The summed E-state index contributed by atoms with van der Waals surface area (Å²) in [6.07, 6.45) is 4.36. The zero-order valence-corrected chi connectivity index (χ0v) is 18.4. The lowest BCUT2D eigenvalue weighted by Crippen LogP contribution is -2.35. The van der Waals surface area contributed by atoms with Crippen molar-refractivity contribution in [3.63, 3.8) is 0 Å². The second-order valence-corrected chi connectivity index (χ2v) is 8.24. The molecule has 0 spiro atoms. The number of aryl methyl sites for hydroxylation is 2. The van der Waals surface area contributed by atoms with Crippen LogP contribution in [0.2, 0.25) is 0 Å². The lowest BCUT2D eigenvalue weighted by Gasteiger charge is -2.26. The number of thiocarbonyl (C=S) groups is 1. The van der Waals surface area contributed by atoms with Crippen molar-refractivity contribution in [3.05, 3.63) is 64.7 Å². The molecule has 154 valence electrons. The molecule has 4 nitrogen and oxygen atoms in total. The number of nitrogens with zero attached hydrogens (tertiary/aromatic N) is 1. The second kappa shape index (κ2) is 9.88. The number of amides is 1. The Labute approximate surface area is 179 Å². The highest BCUT2D eigenvalue weighted by Crippen LogP contribution is 2.20. The Hall–Kier alpha value is -2.40. The quantitative estimate of drug-likeness (QED) is 0.652. The highest BCUT2D eigenvalue weighted by atomic mass is 32.1. The van der Waals surface area contributed by atoms with Gasteiger partial charge in [0, 0.05) is 24.3 Å². The van der Waals surface area contributed by atoms with Crippen LogP contribution in [-0.4, -0.2) is 29.0 Å². The van der Waals surface area contributed by atoms with Gasteiger partial charge in [-0.15, -0.1) is 0 Å². The third-order valence-corrected chi connectivity index (χ3v) is 5.90. The number of piperidine rings is 1. The van der Waals surface area contributed by atoms with Gasteiger partial charge in [-0.25, -0.2) is 0 Å². The molecule has 0 aromatic heterocycles. The molecule has 3 rings (SSSR count). The number of nitrogens with one attached hydrogen (secondary N) is 2. The maximum absolute atomic E-state index is 12.6. The summed E-state index contributed by atoms with van der Waals surface area (Å²) in [5.41, 5.74) is 5.44. The molecule has 2 aromatic rings. The summed E-state index contributed by atoms with van der Waals surface area (Å²) in [5, 5.41) is 7.24. The zero-order valence-electron chi connectivity index (χ0n) is 17.6. The minimum Gasteiger partial charge on any atom is -0.356 e. The van der Waals surface area contributed by atoms with Crippen LogP contribution in [-0.2, 0) is 0 Å². The van der Waals surface area contributed by atoms with Crippen molar-refractivity contribution in [2.24, 2.45) is 0 Å². The molecule has 1 aliphatic heterocycles. The van der Waals surface area contributed by atoms with E-state index in [0.29, 0.717) is 5.11 Å². The van der Waals surface area contributed by atoms with Crippen LogP contribution in [0.4, 0.5) is 5.69 Å². The molecule has 1 saturated heterocycles. The smallest absolute Gasteiger partial charge is 0.253 e. The average Bonchev–Trinajstić information content (AvgIpc) is 2.74. The van der Waals surface area contributed by atoms with E-state index < -0.39 is 0 Å². The predicted molar refractivity (Wildman–Crippen MR) is 125 cm³/mol. The summed E-state index contributed by atoms with van der Waals surface area (Å²) in [5.74, 6) is 0.123. The van der Waals surface area contributed by atoms with Crippen molar-refractivity contribution in [2.45, 2.75) is 52.5 Å². The van der Waals surface area contributed by atoms with Crippen LogP contribution in [0.5, 0.6) is 0 Å². The summed E-state index contributed by atoms with van der Waals surface area (Å²) >= 11 is 5.53. The van der Waals surface area contributed by atoms with Gasteiger partial charge < -0.3 is 15.5 Å².